The van der Waals surface area contributed by atoms with Crippen molar-refractivity contribution in [1.82, 2.24) is 0 Å². The maximum Gasteiger partial charge on any atom is 0.305 e. The van der Waals surface area contributed by atoms with Crippen molar-refractivity contribution in [3.8, 4) is 0 Å². The van der Waals surface area contributed by atoms with Crippen LogP contribution in [0, 0.1) is 11.8 Å². The molecule has 0 aromatic rings. The van der Waals surface area contributed by atoms with Crippen molar-refractivity contribution in [2.24, 2.45) is 11.8 Å². The van der Waals surface area contributed by atoms with Crippen LogP contribution < -0.4 is 0 Å². The highest BCUT2D eigenvalue weighted by atomic mass is 28.4. The molecule has 0 N–H and O–H groups in total. The zero-order chi connectivity index (χ0) is 18.8. The van der Waals surface area contributed by atoms with Crippen molar-refractivity contribution >= 4 is 20.1 Å². The Balaban J connectivity index is 1.89. The van der Waals surface area contributed by atoms with Crippen molar-refractivity contribution in [2.45, 2.75) is 83.5 Å². The molecule has 0 bridgehead atoms. The first-order valence-electron chi connectivity index (χ1n) is 9.53. The molecule has 0 spiro atoms. The average molecular weight is 367 g/mol. The Bertz CT molecular complexity index is 544. The molecule has 25 heavy (non-hydrogen) atoms. The van der Waals surface area contributed by atoms with E-state index in [0.717, 1.165) is 24.8 Å². The molecule has 0 saturated heterocycles. The molecule has 4 nitrogen and oxygen atoms in total. The summed E-state index contributed by atoms with van der Waals surface area (Å²) < 4.78 is 11.3. The van der Waals surface area contributed by atoms with Crippen LogP contribution in [0.2, 0.25) is 18.1 Å². The zero-order valence-corrected chi connectivity index (χ0v) is 17.7. The maximum atomic E-state index is 12.4. The lowest BCUT2D eigenvalue weighted by Gasteiger charge is -2.40. The van der Waals surface area contributed by atoms with E-state index >= 15 is 0 Å². The fourth-order valence-corrected chi connectivity index (χ4v) is 5.10. The standard InChI is InChI=1S/C20H34O4Si/c1-20(2,3)25(5,6)24-18-11-10-14-12-15(13-16(14)18)17(21)8-7-9-19(22)23-4/h12,14,16,18H,7-11,13H2,1-6H3. The topological polar surface area (TPSA) is 52.6 Å². The summed E-state index contributed by atoms with van der Waals surface area (Å²) in [4.78, 5) is 23.6. The molecule has 0 heterocycles. The minimum Gasteiger partial charge on any atom is -0.469 e. The van der Waals surface area contributed by atoms with E-state index < -0.39 is 8.32 Å². The summed E-state index contributed by atoms with van der Waals surface area (Å²) in [5.41, 5.74) is 0.961. The van der Waals surface area contributed by atoms with Gasteiger partial charge in [-0.05, 0) is 61.2 Å². The van der Waals surface area contributed by atoms with Crippen LogP contribution in [0.15, 0.2) is 11.6 Å². The first-order chi connectivity index (χ1) is 11.5. The fraction of sp³-hybridized carbons (Fsp3) is 0.800. The van der Waals surface area contributed by atoms with Crippen LogP contribution in [-0.4, -0.2) is 33.3 Å². The molecule has 0 aromatic heterocycles. The highest BCUT2D eigenvalue weighted by molar-refractivity contribution is 6.74. The molecule has 2 aliphatic rings. The molecule has 0 amide bonds. The lowest BCUT2D eigenvalue weighted by atomic mass is 9.96. The first kappa shape index (κ1) is 20.4. The number of carbonyl (C=O) groups excluding carboxylic acids is 2. The van der Waals surface area contributed by atoms with Crippen LogP contribution in [0.4, 0.5) is 0 Å². The number of hydrogen-bond donors (Lipinski definition) is 0. The largest absolute Gasteiger partial charge is 0.469 e. The lowest BCUT2D eigenvalue weighted by molar-refractivity contribution is -0.140. The van der Waals surface area contributed by atoms with Gasteiger partial charge in [0.1, 0.15) is 0 Å². The Morgan fingerprint density at radius 3 is 2.48 bits per heavy atom. The van der Waals surface area contributed by atoms with Crippen molar-refractivity contribution in [1.29, 1.82) is 0 Å². The second-order valence-electron chi connectivity index (χ2n) is 9.07. The summed E-state index contributed by atoms with van der Waals surface area (Å²) >= 11 is 0. The summed E-state index contributed by atoms with van der Waals surface area (Å²) in [5, 5.41) is 0.212. The normalized spacial score (nSPS) is 26.3. The first-order valence-corrected chi connectivity index (χ1v) is 12.4. The number of allylic oxidation sites excluding steroid dienone is 2. The van der Waals surface area contributed by atoms with Crippen LogP contribution in [0.25, 0.3) is 0 Å². The molecular formula is C20H34O4Si. The van der Waals surface area contributed by atoms with Crippen molar-refractivity contribution in [3.05, 3.63) is 11.6 Å². The van der Waals surface area contributed by atoms with Gasteiger partial charge >= 0.3 is 5.97 Å². The molecular weight excluding hydrogens is 332 g/mol. The van der Waals surface area contributed by atoms with E-state index in [1.165, 1.54) is 7.11 Å². The van der Waals surface area contributed by atoms with Crippen molar-refractivity contribution in [3.63, 3.8) is 0 Å². The second kappa shape index (κ2) is 7.75. The van der Waals surface area contributed by atoms with Crippen LogP contribution in [-0.2, 0) is 18.8 Å². The predicted molar refractivity (Wildman–Crippen MR) is 102 cm³/mol. The summed E-state index contributed by atoms with van der Waals surface area (Å²) in [6, 6.07) is 0. The minimum atomic E-state index is -1.78. The number of Topliss-reactive ketones (excluding diaryl/α,β-unsaturated/α-hetero) is 1. The van der Waals surface area contributed by atoms with Gasteiger partial charge in [-0.2, -0.15) is 0 Å². The maximum absolute atomic E-state index is 12.4. The van der Waals surface area contributed by atoms with Crippen LogP contribution >= 0.6 is 0 Å². The van der Waals surface area contributed by atoms with E-state index in [2.05, 4.69) is 44.7 Å². The number of rotatable bonds is 7. The number of fused-ring (bicyclic) bond motifs is 1. The van der Waals surface area contributed by atoms with Crippen LogP contribution in [0.5, 0.6) is 0 Å². The lowest BCUT2D eigenvalue weighted by Crippen LogP contribution is -2.45. The molecule has 1 fully saturated rings. The number of ketones is 1. The third kappa shape index (κ3) is 4.82. The summed E-state index contributed by atoms with van der Waals surface area (Å²) in [5.74, 6) is 0.917. The molecule has 0 aromatic carbocycles. The van der Waals surface area contributed by atoms with Crippen LogP contribution in [0.1, 0.15) is 59.3 Å². The van der Waals surface area contributed by atoms with Gasteiger partial charge in [0, 0.05) is 18.9 Å². The Kier molecular flexibility index (Phi) is 6.31. The Morgan fingerprint density at radius 1 is 1.20 bits per heavy atom. The quantitative estimate of drug-likeness (QED) is 0.486. The number of ether oxygens (including phenoxy) is 1. The van der Waals surface area contributed by atoms with Gasteiger partial charge in [-0.1, -0.05) is 26.8 Å². The molecule has 1 saturated carbocycles. The van der Waals surface area contributed by atoms with E-state index in [1.807, 2.05) is 0 Å². The zero-order valence-electron chi connectivity index (χ0n) is 16.7. The molecule has 0 aliphatic heterocycles. The van der Waals surface area contributed by atoms with Gasteiger partial charge in [0.25, 0.3) is 0 Å². The minimum absolute atomic E-state index is 0.198. The van der Waals surface area contributed by atoms with E-state index in [9.17, 15) is 9.59 Å². The van der Waals surface area contributed by atoms with Crippen molar-refractivity contribution < 1.29 is 18.8 Å². The van der Waals surface area contributed by atoms with Gasteiger partial charge in [-0.15, -0.1) is 0 Å². The van der Waals surface area contributed by atoms with Gasteiger partial charge in [0.05, 0.1) is 7.11 Å². The SMILES string of the molecule is COC(=O)CCCC(=O)C1=CC2CCC(O[Si](C)(C)C(C)(C)C)C2C1. The van der Waals surface area contributed by atoms with E-state index in [4.69, 9.17) is 4.43 Å². The number of carbonyl (C=O) groups is 2. The average Bonchev–Trinajstić information content (AvgIpc) is 3.07. The summed E-state index contributed by atoms with van der Waals surface area (Å²) in [6.45, 7) is 11.4. The molecule has 5 heteroatoms. The highest BCUT2D eigenvalue weighted by Gasteiger charge is 2.46. The van der Waals surface area contributed by atoms with E-state index in [-0.39, 0.29) is 16.8 Å². The third-order valence-corrected chi connectivity index (χ3v) is 10.8. The predicted octanol–water partition coefficient (Wildman–Crippen LogP) is 4.65. The third-order valence-electron chi connectivity index (χ3n) is 6.31. The Hall–Kier alpha value is -0.943. The van der Waals surface area contributed by atoms with Crippen LogP contribution in [0.3, 0.4) is 0 Å². The van der Waals surface area contributed by atoms with Crippen molar-refractivity contribution in [2.75, 3.05) is 7.11 Å². The number of esters is 1. The summed E-state index contributed by atoms with van der Waals surface area (Å²) in [6.07, 6.45) is 6.91. The monoisotopic (exact) mass is 366 g/mol. The van der Waals surface area contributed by atoms with E-state index in [0.29, 0.717) is 37.2 Å². The molecule has 2 rings (SSSR count). The van der Waals surface area contributed by atoms with Gasteiger partial charge < -0.3 is 9.16 Å². The van der Waals surface area contributed by atoms with Gasteiger partial charge in [0.15, 0.2) is 14.1 Å². The highest BCUT2D eigenvalue weighted by Crippen LogP contribution is 2.48. The number of methoxy groups -OCH3 is 1. The molecule has 3 atom stereocenters. The fourth-order valence-electron chi connectivity index (χ4n) is 3.69. The molecule has 142 valence electrons. The number of hydrogen-bond acceptors (Lipinski definition) is 4. The van der Waals surface area contributed by atoms with Gasteiger partial charge in [-0.3, -0.25) is 9.59 Å². The Morgan fingerprint density at radius 2 is 1.88 bits per heavy atom. The van der Waals surface area contributed by atoms with E-state index in [1.54, 1.807) is 0 Å². The second-order valence-corrected chi connectivity index (χ2v) is 13.8. The summed E-state index contributed by atoms with van der Waals surface area (Å²) in [7, 11) is -0.394. The molecule has 3 unspecified atom stereocenters. The molecule has 0 radical (unpaired) electrons. The Labute approximate surface area is 153 Å². The van der Waals surface area contributed by atoms with Gasteiger partial charge in [0.2, 0.25) is 0 Å². The van der Waals surface area contributed by atoms with Gasteiger partial charge in [-0.25, -0.2) is 0 Å². The smallest absolute Gasteiger partial charge is 0.305 e. The molecule has 2 aliphatic carbocycles.